The zero-order valence-electron chi connectivity index (χ0n) is 9.09. The van der Waals surface area contributed by atoms with Crippen LogP contribution in [0.1, 0.15) is 24.2 Å². The molecule has 0 spiro atoms. The van der Waals surface area contributed by atoms with Crippen LogP contribution in [0.15, 0.2) is 11.2 Å². The van der Waals surface area contributed by atoms with Gasteiger partial charge in [-0.3, -0.25) is 0 Å². The molecule has 82 valence electrons. The molecule has 1 aromatic rings. The number of halogens is 1. The summed E-state index contributed by atoms with van der Waals surface area (Å²) in [5, 5.41) is 2.04. The minimum Gasteiger partial charge on any atom is -0.228 e. The first-order valence-corrected chi connectivity index (χ1v) is 7.25. The van der Waals surface area contributed by atoms with E-state index in [-0.39, 0.29) is 0 Å². The van der Waals surface area contributed by atoms with Crippen molar-refractivity contribution in [3.8, 4) is 0 Å². The number of rotatable bonds is 4. The monoisotopic (exact) mass is 286 g/mol. The molecular weight excluding hydrogens is 272 g/mol. The highest BCUT2D eigenvalue weighted by molar-refractivity contribution is 9.09. The fourth-order valence-corrected chi connectivity index (χ4v) is 3.73. The quantitative estimate of drug-likeness (QED) is 0.482. The largest absolute Gasteiger partial charge is 0.228 e. The first kappa shape index (κ1) is 11.4. The number of nitrogens with zero attached hydrogens (tertiary/aromatic N) is 2. The zero-order valence-corrected chi connectivity index (χ0v) is 11.5. The van der Waals surface area contributed by atoms with Crippen LogP contribution in [0.25, 0.3) is 0 Å². The average Bonchev–Trinajstić information content (AvgIpc) is 2.94. The molecule has 0 unspecified atom stereocenters. The molecule has 1 heterocycles. The Balaban J connectivity index is 1.99. The van der Waals surface area contributed by atoms with E-state index in [1.54, 1.807) is 11.8 Å². The smallest absolute Gasteiger partial charge is 0.187 e. The van der Waals surface area contributed by atoms with Gasteiger partial charge in [-0.05, 0) is 38.2 Å². The summed E-state index contributed by atoms with van der Waals surface area (Å²) in [6.45, 7) is 4.05. The third-order valence-electron chi connectivity index (χ3n) is 2.71. The van der Waals surface area contributed by atoms with Crippen LogP contribution in [0.5, 0.6) is 0 Å². The van der Waals surface area contributed by atoms with Gasteiger partial charge in [0.25, 0.3) is 0 Å². The highest BCUT2D eigenvalue weighted by atomic mass is 79.9. The third-order valence-corrected chi connectivity index (χ3v) is 5.10. The van der Waals surface area contributed by atoms with E-state index < -0.39 is 0 Å². The summed E-state index contributed by atoms with van der Waals surface area (Å²) in [5.41, 5.74) is 2.66. The highest BCUT2D eigenvalue weighted by Crippen LogP contribution is 2.49. The summed E-state index contributed by atoms with van der Waals surface area (Å²) in [6, 6.07) is 2.02. The molecule has 0 radical (unpaired) electrons. The first-order chi connectivity index (χ1) is 7.13. The summed E-state index contributed by atoms with van der Waals surface area (Å²) in [5.74, 6) is 1.14. The predicted octanol–water partition coefficient (Wildman–Crippen LogP) is 3.36. The Bertz CT molecular complexity index is 343. The maximum Gasteiger partial charge on any atom is 0.187 e. The van der Waals surface area contributed by atoms with Crippen LogP contribution < -0.4 is 0 Å². The molecule has 1 fully saturated rings. The van der Waals surface area contributed by atoms with Gasteiger partial charge in [0.05, 0.1) is 0 Å². The van der Waals surface area contributed by atoms with E-state index in [0.29, 0.717) is 5.41 Å². The number of alkyl halides is 1. The number of thioether (sulfide) groups is 1. The van der Waals surface area contributed by atoms with E-state index in [1.807, 2.05) is 19.9 Å². The van der Waals surface area contributed by atoms with Crippen LogP contribution in [-0.4, -0.2) is 21.1 Å². The van der Waals surface area contributed by atoms with E-state index in [1.165, 1.54) is 12.8 Å². The second-order valence-corrected chi connectivity index (χ2v) is 5.86. The highest BCUT2D eigenvalue weighted by Gasteiger charge is 2.41. The summed E-state index contributed by atoms with van der Waals surface area (Å²) in [4.78, 5) is 8.87. The van der Waals surface area contributed by atoms with Gasteiger partial charge in [-0.1, -0.05) is 27.7 Å². The first-order valence-electron chi connectivity index (χ1n) is 5.15. The van der Waals surface area contributed by atoms with Gasteiger partial charge >= 0.3 is 0 Å². The van der Waals surface area contributed by atoms with Crippen molar-refractivity contribution in [3.05, 3.63) is 17.5 Å². The summed E-state index contributed by atoms with van der Waals surface area (Å²) in [6.07, 6.45) is 2.69. The van der Waals surface area contributed by atoms with Crippen molar-refractivity contribution < 1.29 is 0 Å². The van der Waals surface area contributed by atoms with E-state index in [4.69, 9.17) is 0 Å². The molecule has 2 rings (SSSR count). The lowest BCUT2D eigenvalue weighted by Gasteiger charge is -2.09. The minimum absolute atomic E-state index is 0.533. The molecule has 1 saturated carbocycles. The lowest BCUT2D eigenvalue weighted by Crippen LogP contribution is -2.06. The number of aryl methyl sites for hydroxylation is 2. The van der Waals surface area contributed by atoms with Crippen LogP contribution in [0.4, 0.5) is 0 Å². The van der Waals surface area contributed by atoms with E-state index >= 15 is 0 Å². The van der Waals surface area contributed by atoms with Crippen LogP contribution in [-0.2, 0) is 0 Å². The molecule has 0 atom stereocenters. The molecule has 4 heteroatoms. The number of aromatic nitrogens is 2. The van der Waals surface area contributed by atoms with Crippen molar-refractivity contribution in [2.75, 3.05) is 11.1 Å². The van der Waals surface area contributed by atoms with Crippen molar-refractivity contribution in [1.82, 2.24) is 9.97 Å². The van der Waals surface area contributed by atoms with Crippen molar-refractivity contribution >= 4 is 27.7 Å². The fourth-order valence-electron chi connectivity index (χ4n) is 1.47. The molecule has 1 aromatic heterocycles. The third kappa shape index (κ3) is 2.94. The maximum absolute atomic E-state index is 4.44. The molecule has 15 heavy (non-hydrogen) atoms. The number of hydrogen-bond donors (Lipinski definition) is 0. The molecule has 0 amide bonds. The second-order valence-electron chi connectivity index (χ2n) is 4.36. The normalized spacial score (nSPS) is 17.8. The van der Waals surface area contributed by atoms with Crippen LogP contribution in [0, 0.1) is 19.3 Å². The average molecular weight is 287 g/mol. The second kappa shape index (κ2) is 4.42. The Hall–Kier alpha value is -0.0900. The molecule has 0 N–H and O–H groups in total. The zero-order chi connectivity index (χ0) is 10.9. The maximum atomic E-state index is 4.44. The van der Waals surface area contributed by atoms with Crippen molar-refractivity contribution in [1.29, 1.82) is 0 Å². The number of hydrogen-bond acceptors (Lipinski definition) is 3. The van der Waals surface area contributed by atoms with Crippen LogP contribution in [0.2, 0.25) is 0 Å². The van der Waals surface area contributed by atoms with Gasteiger partial charge in [0.1, 0.15) is 0 Å². The summed E-state index contributed by atoms with van der Waals surface area (Å²) in [7, 11) is 0. The van der Waals surface area contributed by atoms with Gasteiger partial charge in [-0.15, -0.1) is 0 Å². The summed E-state index contributed by atoms with van der Waals surface area (Å²) < 4.78 is 0. The van der Waals surface area contributed by atoms with Gasteiger partial charge in [0.15, 0.2) is 5.16 Å². The molecule has 0 aliphatic heterocycles. The molecular formula is C11H15BrN2S. The fraction of sp³-hybridized carbons (Fsp3) is 0.636. The van der Waals surface area contributed by atoms with Crippen LogP contribution >= 0.6 is 27.7 Å². The Morgan fingerprint density at radius 1 is 1.33 bits per heavy atom. The van der Waals surface area contributed by atoms with Gasteiger partial charge in [-0.2, -0.15) is 0 Å². The van der Waals surface area contributed by atoms with Gasteiger partial charge in [-0.25, -0.2) is 9.97 Å². The molecule has 1 aliphatic carbocycles. The lowest BCUT2D eigenvalue weighted by molar-refractivity contribution is 0.684. The van der Waals surface area contributed by atoms with Crippen LogP contribution in [0.3, 0.4) is 0 Å². The van der Waals surface area contributed by atoms with Gasteiger partial charge in [0, 0.05) is 22.5 Å². The standard InChI is InChI=1S/C11H15BrN2S/c1-8-5-9(2)14-10(13-8)15-7-11(6-12)3-4-11/h5H,3-4,6-7H2,1-2H3. The Kier molecular flexibility index (Phi) is 3.36. The Morgan fingerprint density at radius 3 is 2.40 bits per heavy atom. The predicted molar refractivity (Wildman–Crippen MR) is 67.7 cm³/mol. The van der Waals surface area contributed by atoms with E-state index in [9.17, 15) is 0 Å². The molecule has 0 saturated heterocycles. The minimum atomic E-state index is 0.533. The van der Waals surface area contributed by atoms with Crippen molar-refractivity contribution in [2.45, 2.75) is 31.8 Å². The van der Waals surface area contributed by atoms with Crippen molar-refractivity contribution in [2.24, 2.45) is 5.41 Å². The van der Waals surface area contributed by atoms with E-state index in [2.05, 4.69) is 25.9 Å². The van der Waals surface area contributed by atoms with E-state index in [0.717, 1.165) is 27.6 Å². The molecule has 2 nitrogen and oxygen atoms in total. The SMILES string of the molecule is Cc1cc(C)nc(SCC2(CBr)CC2)n1. The van der Waals surface area contributed by atoms with Gasteiger partial charge in [0.2, 0.25) is 0 Å². The lowest BCUT2D eigenvalue weighted by atomic mass is 10.2. The van der Waals surface area contributed by atoms with Crippen molar-refractivity contribution in [3.63, 3.8) is 0 Å². The Labute approximate surface area is 103 Å². The van der Waals surface area contributed by atoms with Gasteiger partial charge < -0.3 is 0 Å². The summed E-state index contributed by atoms with van der Waals surface area (Å²) >= 11 is 5.37. The molecule has 0 aromatic carbocycles. The topological polar surface area (TPSA) is 25.8 Å². The molecule has 0 bridgehead atoms. The Morgan fingerprint density at radius 2 is 1.93 bits per heavy atom. The molecule has 1 aliphatic rings.